The van der Waals surface area contributed by atoms with Crippen molar-refractivity contribution >= 4 is 16.0 Å². The molecule has 0 bridgehead atoms. The van der Waals surface area contributed by atoms with E-state index >= 15 is 0 Å². The monoisotopic (exact) mass is 338 g/mol. The smallest absolute Gasteiger partial charge is 0.324 e. The molecule has 0 fully saturated rings. The molecule has 1 N–H and O–H groups in total. The first-order valence-electron chi connectivity index (χ1n) is 7.21. The number of hydrogen-bond donors (Lipinski definition) is 1. The lowest BCUT2D eigenvalue weighted by Crippen LogP contribution is -2.47. The first kappa shape index (κ1) is 19.1. The Morgan fingerprint density at radius 1 is 1.22 bits per heavy atom. The number of ether oxygens (including phenoxy) is 1. The lowest BCUT2D eigenvalue weighted by molar-refractivity contribution is -0.158. The lowest BCUT2D eigenvalue weighted by atomic mass is 10.1. The van der Waals surface area contributed by atoms with Crippen molar-refractivity contribution in [1.29, 1.82) is 5.26 Å². The summed E-state index contributed by atoms with van der Waals surface area (Å²) in [5.74, 6) is -0.900. The molecule has 6 nitrogen and oxygen atoms in total. The van der Waals surface area contributed by atoms with Crippen molar-refractivity contribution in [2.24, 2.45) is 5.92 Å². The number of benzene rings is 1. The molecule has 0 radical (unpaired) electrons. The maximum absolute atomic E-state index is 12.4. The van der Waals surface area contributed by atoms with E-state index in [2.05, 4.69) is 4.72 Å². The number of rotatable bonds is 5. The zero-order valence-corrected chi connectivity index (χ0v) is 14.8. The van der Waals surface area contributed by atoms with Gasteiger partial charge in [0.2, 0.25) is 10.0 Å². The van der Waals surface area contributed by atoms with Crippen LogP contribution in [0.2, 0.25) is 0 Å². The molecule has 0 aliphatic heterocycles. The summed E-state index contributed by atoms with van der Waals surface area (Å²) in [6.07, 6.45) is 0. The average Bonchev–Trinajstić information content (AvgIpc) is 2.42. The molecule has 0 saturated carbocycles. The van der Waals surface area contributed by atoms with Crippen molar-refractivity contribution in [2.75, 3.05) is 0 Å². The van der Waals surface area contributed by atoms with Gasteiger partial charge in [0.25, 0.3) is 0 Å². The highest BCUT2D eigenvalue weighted by atomic mass is 32.2. The van der Waals surface area contributed by atoms with Crippen molar-refractivity contribution in [1.82, 2.24) is 4.72 Å². The van der Waals surface area contributed by atoms with Gasteiger partial charge in [0.15, 0.2) is 0 Å². The van der Waals surface area contributed by atoms with Crippen LogP contribution in [0.1, 0.15) is 40.2 Å². The van der Waals surface area contributed by atoms with Gasteiger partial charge in [-0.1, -0.05) is 13.8 Å². The summed E-state index contributed by atoms with van der Waals surface area (Å²) >= 11 is 0. The largest absolute Gasteiger partial charge is 0.459 e. The number of carbonyl (C=O) groups is 1. The standard InChI is InChI=1S/C16H22N2O4S/c1-11(2)14(15(19)22-16(3,4)5)18-23(20,21)13-8-6-12(10-17)7-9-13/h6-9,11,14,18H,1-5H3/t14-/m0/s1. The molecular weight excluding hydrogens is 316 g/mol. The third-order valence-corrected chi connectivity index (χ3v) is 4.36. The molecule has 0 aromatic heterocycles. The minimum atomic E-state index is -3.89. The Kier molecular flexibility index (Phi) is 5.92. The summed E-state index contributed by atoms with van der Waals surface area (Å²) in [5.41, 5.74) is -0.346. The van der Waals surface area contributed by atoms with Crippen LogP contribution >= 0.6 is 0 Å². The maximum Gasteiger partial charge on any atom is 0.324 e. The summed E-state index contributed by atoms with van der Waals surface area (Å²) in [7, 11) is -3.89. The van der Waals surface area contributed by atoms with Gasteiger partial charge in [-0.2, -0.15) is 9.98 Å². The number of hydrogen-bond acceptors (Lipinski definition) is 5. The van der Waals surface area contributed by atoms with Crippen LogP contribution in [0, 0.1) is 17.2 Å². The van der Waals surface area contributed by atoms with Crippen LogP contribution in [0.15, 0.2) is 29.2 Å². The Hall–Kier alpha value is -1.91. The third-order valence-electron chi connectivity index (χ3n) is 2.90. The molecule has 1 rings (SSSR count). The number of nitrogens with one attached hydrogen (secondary N) is 1. The zero-order valence-electron chi connectivity index (χ0n) is 14.0. The summed E-state index contributed by atoms with van der Waals surface area (Å²) in [4.78, 5) is 12.2. The first-order valence-corrected chi connectivity index (χ1v) is 8.70. The molecule has 0 spiro atoms. The fourth-order valence-corrected chi connectivity index (χ4v) is 3.10. The highest BCUT2D eigenvalue weighted by molar-refractivity contribution is 7.89. The predicted molar refractivity (Wildman–Crippen MR) is 85.9 cm³/mol. The van der Waals surface area contributed by atoms with Gasteiger partial charge in [-0.05, 0) is 51.0 Å². The van der Waals surface area contributed by atoms with Gasteiger partial charge in [-0.25, -0.2) is 8.42 Å². The second-order valence-electron chi connectivity index (χ2n) is 6.51. The maximum atomic E-state index is 12.4. The SMILES string of the molecule is CC(C)[C@H](NS(=O)(=O)c1ccc(C#N)cc1)C(=O)OC(C)(C)C. The molecule has 0 aliphatic carbocycles. The van der Waals surface area contributed by atoms with Gasteiger partial charge in [-0.15, -0.1) is 0 Å². The van der Waals surface area contributed by atoms with Crippen LogP contribution in [-0.2, 0) is 19.6 Å². The number of carbonyl (C=O) groups excluding carboxylic acids is 1. The van der Waals surface area contributed by atoms with Gasteiger partial charge in [-0.3, -0.25) is 4.79 Å². The molecule has 0 aliphatic rings. The minimum absolute atomic E-state index is 0.00860. The van der Waals surface area contributed by atoms with E-state index < -0.39 is 27.6 Å². The van der Waals surface area contributed by atoms with E-state index in [1.807, 2.05) is 6.07 Å². The van der Waals surface area contributed by atoms with Gasteiger partial charge < -0.3 is 4.74 Å². The minimum Gasteiger partial charge on any atom is -0.459 e. The van der Waals surface area contributed by atoms with Crippen molar-refractivity contribution in [3.05, 3.63) is 29.8 Å². The summed E-state index contributed by atoms with van der Waals surface area (Å²) < 4.78 is 32.5. The average molecular weight is 338 g/mol. The van der Waals surface area contributed by atoms with Crippen molar-refractivity contribution in [3.8, 4) is 6.07 Å². The van der Waals surface area contributed by atoms with Crippen LogP contribution < -0.4 is 4.72 Å². The Morgan fingerprint density at radius 3 is 2.13 bits per heavy atom. The van der Waals surface area contributed by atoms with Crippen LogP contribution in [0.4, 0.5) is 0 Å². The quantitative estimate of drug-likeness (QED) is 0.830. The van der Waals surface area contributed by atoms with E-state index in [0.29, 0.717) is 5.56 Å². The summed E-state index contributed by atoms with van der Waals surface area (Å²) in [6, 6.07) is 6.40. The Balaban J connectivity index is 3.02. The highest BCUT2D eigenvalue weighted by Gasteiger charge is 2.32. The summed E-state index contributed by atoms with van der Waals surface area (Å²) in [5, 5.41) is 8.75. The van der Waals surface area contributed by atoms with Gasteiger partial charge >= 0.3 is 5.97 Å². The Labute approximate surface area is 137 Å². The molecule has 0 saturated heterocycles. The van der Waals surface area contributed by atoms with Gasteiger partial charge in [0.05, 0.1) is 16.5 Å². The normalized spacial score (nSPS) is 13.4. The topological polar surface area (TPSA) is 96.3 Å². The lowest BCUT2D eigenvalue weighted by Gasteiger charge is -2.26. The van der Waals surface area contributed by atoms with Crippen LogP contribution in [0.25, 0.3) is 0 Å². The van der Waals surface area contributed by atoms with Crippen LogP contribution in [0.3, 0.4) is 0 Å². The molecule has 1 aromatic carbocycles. The van der Waals surface area contributed by atoms with Gasteiger partial charge in [0, 0.05) is 0 Å². The molecule has 0 unspecified atom stereocenters. The summed E-state index contributed by atoms with van der Waals surface area (Å²) in [6.45, 7) is 8.62. The van der Waals surface area contributed by atoms with E-state index in [9.17, 15) is 13.2 Å². The molecule has 126 valence electrons. The van der Waals surface area contributed by atoms with E-state index in [1.165, 1.54) is 24.3 Å². The second-order valence-corrected chi connectivity index (χ2v) is 8.23. The van der Waals surface area contributed by atoms with Crippen molar-refractivity contribution in [3.63, 3.8) is 0 Å². The Bertz CT molecular complexity index is 695. The van der Waals surface area contributed by atoms with E-state index in [1.54, 1.807) is 34.6 Å². The number of sulfonamides is 1. The van der Waals surface area contributed by atoms with E-state index in [4.69, 9.17) is 10.00 Å². The van der Waals surface area contributed by atoms with E-state index in [-0.39, 0.29) is 10.8 Å². The molecular formula is C16H22N2O4S. The molecule has 1 atom stereocenters. The fraction of sp³-hybridized carbons (Fsp3) is 0.500. The molecule has 1 aromatic rings. The molecule has 0 amide bonds. The molecule has 0 heterocycles. The van der Waals surface area contributed by atoms with Crippen LogP contribution in [0.5, 0.6) is 0 Å². The third kappa shape index (κ3) is 5.66. The van der Waals surface area contributed by atoms with E-state index in [0.717, 1.165) is 0 Å². The fourth-order valence-electron chi connectivity index (χ4n) is 1.77. The molecule has 23 heavy (non-hydrogen) atoms. The number of nitriles is 1. The van der Waals surface area contributed by atoms with Gasteiger partial charge in [0.1, 0.15) is 11.6 Å². The second kappa shape index (κ2) is 7.11. The Morgan fingerprint density at radius 2 is 1.74 bits per heavy atom. The van der Waals surface area contributed by atoms with Crippen LogP contribution in [-0.4, -0.2) is 26.0 Å². The first-order chi connectivity index (χ1) is 10.5. The number of nitrogens with zero attached hydrogens (tertiary/aromatic N) is 1. The highest BCUT2D eigenvalue weighted by Crippen LogP contribution is 2.16. The van der Waals surface area contributed by atoms with Crippen molar-refractivity contribution < 1.29 is 17.9 Å². The predicted octanol–water partition coefficient (Wildman–Crippen LogP) is 2.20. The number of esters is 1. The van der Waals surface area contributed by atoms with Crippen molar-refractivity contribution in [2.45, 2.75) is 51.2 Å². The molecule has 7 heteroatoms. The zero-order chi connectivity index (χ0) is 17.8.